The quantitative estimate of drug-likeness (QED) is 0.478. The molecule has 12 heteroatoms. The van der Waals surface area contributed by atoms with E-state index in [1.807, 2.05) is 0 Å². The second-order valence-electron chi connectivity index (χ2n) is 5.15. The highest BCUT2D eigenvalue weighted by Gasteiger charge is 2.32. The Hall–Kier alpha value is -0.790. The number of nitrogens with one attached hydrogen (secondary N) is 1. The molecule has 0 spiro atoms. The zero-order valence-corrected chi connectivity index (χ0v) is 14.1. The van der Waals surface area contributed by atoms with Crippen LogP contribution in [-0.2, 0) is 33.4 Å². The topological polar surface area (TPSA) is 139 Å². The molecule has 0 saturated carbocycles. The number of nitrogens with zero attached hydrogens (tertiary/aromatic N) is 1. The number of amides is 1. The summed E-state index contributed by atoms with van der Waals surface area (Å²) in [6, 6.07) is 0. The van der Waals surface area contributed by atoms with Crippen LogP contribution in [0.4, 0.5) is 0 Å². The first kappa shape index (κ1) is 19.3. The minimum Gasteiger partial charge on any atom is -0.361 e. The molecule has 1 amide bonds. The molecule has 1 aliphatic rings. The molecule has 0 bridgehead atoms. The van der Waals surface area contributed by atoms with E-state index >= 15 is 0 Å². The molecule has 1 rings (SSSR count). The summed E-state index contributed by atoms with van der Waals surface area (Å²) in [7, 11) is -7.63. The number of aliphatic hydroxyl groups is 1. The van der Waals surface area contributed by atoms with Crippen LogP contribution in [0.5, 0.6) is 0 Å². The molecule has 1 aliphatic heterocycles. The van der Waals surface area contributed by atoms with Crippen molar-refractivity contribution in [3.05, 3.63) is 0 Å². The molecule has 130 valence electrons. The fraction of sp³-hybridized carbons (Fsp3) is 0.900. The molecule has 0 aromatic carbocycles. The van der Waals surface area contributed by atoms with E-state index in [1.54, 1.807) is 6.92 Å². The third kappa shape index (κ3) is 6.98. The summed E-state index contributed by atoms with van der Waals surface area (Å²) in [6.45, 7) is 1.12. The molecule has 0 aromatic rings. The third-order valence-corrected chi connectivity index (χ3v) is 3.98. The van der Waals surface area contributed by atoms with Gasteiger partial charge in [-0.3, -0.25) is 18.1 Å². The summed E-state index contributed by atoms with van der Waals surface area (Å²) in [5, 5.41) is 12.1. The van der Waals surface area contributed by atoms with Crippen LogP contribution in [0.15, 0.2) is 0 Å². The van der Waals surface area contributed by atoms with Crippen molar-refractivity contribution in [2.24, 2.45) is 5.92 Å². The molecule has 1 saturated heterocycles. The highest BCUT2D eigenvalue weighted by Crippen LogP contribution is 2.12. The van der Waals surface area contributed by atoms with Crippen molar-refractivity contribution in [2.75, 3.05) is 32.2 Å². The van der Waals surface area contributed by atoms with Crippen molar-refractivity contribution in [2.45, 2.75) is 19.4 Å². The van der Waals surface area contributed by atoms with Crippen molar-refractivity contribution in [3.8, 4) is 0 Å². The zero-order valence-electron chi connectivity index (χ0n) is 12.4. The van der Waals surface area contributed by atoms with Crippen molar-refractivity contribution in [1.82, 2.24) is 10.2 Å². The first-order valence-corrected chi connectivity index (χ1v) is 9.96. The van der Waals surface area contributed by atoms with Gasteiger partial charge in [-0.15, -0.1) is 0 Å². The van der Waals surface area contributed by atoms with Gasteiger partial charge in [-0.1, -0.05) is 6.92 Å². The number of carbonyl (C=O) groups is 1. The Balaban J connectivity index is 2.76. The minimum absolute atomic E-state index is 0.144. The van der Waals surface area contributed by atoms with Crippen LogP contribution in [0, 0.1) is 5.92 Å². The lowest BCUT2D eigenvalue weighted by atomic mass is 10.1. The van der Waals surface area contributed by atoms with Crippen molar-refractivity contribution < 1.29 is 35.1 Å². The largest absolute Gasteiger partial charge is 0.361 e. The average Bonchev–Trinajstić information content (AvgIpc) is 2.30. The summed E-state index contributed by atoms with van der Waals surface area (Å²) in [5.74, 6) is -0.755. The molecule has 3 atom stereocenters. The summed E-state index contributed by atoms with van der Waals surface area (Å²) in [4.78, 5) is 12.7. The molecule has 2 N–H and O–H groups in total. The lowest BCUT2D eigenvalue weighted by Gasteiger charge is -2.36. The SMILES string of the molecule is CC1CN(CC(COS(C)(=O)=O)OS(C)(=O)=O)C(O)NC1=O. The molecular formula is C10H20N2O8S2. The Morgan fingerprint density at radius 2 is 1.91 bits per heavy atom. The van der Waals surface area contributed by atoms with E-state index in [4.69, 9.17) is 4.18 Å². The van der Waals surface area contributed by atoms with Gasteiger partial charge in [0.25, 0.3) is 20.2 Å². The van der Waals surface area contributed by atoms with Crippen LogP contribution < -0.4 is 5.32 Å². The van der Waals surface area contributed by atoms with E-state index in [-0.39, 0.29) is 19.0 Å². The van der Waals surface area contributed by atoms with Crippen LogP contribution in [-0.4, -0.2) is 77.4 Å². The maximum absolute atomic E-state index is 11.4. The fourth-order valence-corrected chi connectivity index (χ4v) is 2.90. The van der Waals surface area contributed by atoms with E-state index < -0.39 is 45.2 Å². The Morgan fingerprint density at radius 3 is 2.41 bits per heavy atom. The first-order valence-electron chi connectivity index (χ1n) is 6.32. The van der Waals surface area contributed by atoms with Crippen LogP contribution in [0.25, 0.3) is 0 Å². The van der Waals surface area contributed by atoms with Gasteiger partial charge in [0.05, 0.1) is 19.1 Å². The summed E-state index contributed by atoms with van der Waals surface area (Å²) in [5.41, 5.74) is 0. The van der Waals surface area contributed by atoms with Crippen LogP contribution in [0.2, 0.25) is 0 Å². The van der Waals surface area contributed by atoms with Crippen LogP contribution >= 0.6 is 0 Å². The van der Waals surface area contributed by atoms with Gasteiger partial charge in [-0.2, -0.15) is 16.8 Å². The Labute approximate surface area is 129 Å². The molecule has 1 heterocycles. The second kappa shape index (κ2) is 7.19. The van der Waals surface area contributed by atoms with E-state index in [0.717, 1.165) is 12.5 Å². The minimum atomic E-state index is -3.85. The highest BCUT2D eigenvalue weighted by molar-refractivity contribution is 7.86. The van der Waals surface area contributed by atoms with E-state index in [1.165, 1.54) is 4.90 Å². The molecule has 1 fully saturated rings. The summed E-state index contributed by atoms with van der Waals surface area (Å²) >= 11 is 0. The number of hydrogen-bond acceptors (Lipinski definition) is 9. The monoisotopic (exact) mass is 360 g/mol. The van der Waals surface area contributed by atoms with Gasteiger partial charge in [0.15, 0.2) is 6.35 Å². The molecule has 22 heavy (non-hydrogen) atoms. The van der Waals surface area contributed by atoms with Gasteiger partial charge < -0.3 is 10.4 Å². The van der Waals surface area contributed by atoms with Gasteiger partial charge in [-0.25, -0.2) is 0 Å². The van der Waals surface area contributed by atoms with Crippen molar-refractivity contribution in [1.29, 1.82) is 0 Å². The molecule has 0 aromatic heterocycles. The Bertz CT molecular complexity index is 602. The first-order chi connectivity index (χ1) is 9.87. The van der Waals surface area contributed by atoms with E-state index in [0.29, 0.717) is 0 Å². The molecule has 10 nitrogen and oxygen atoms in total. The molecule has 0 aliphatic carbocycles. The van der Waals surface area contributed by atoms with Crippen molar-refractivity contribution >= 4 is 26.1 Å². The van der Waals surface area contributed by atoms with E-state index in [2.05, 4.69) is 9.50 Å². The van der Waals surface area contributed by atoms with Gasteiger partial charge >= 0.3 is 0 Å². The second-order valence-corrected chi connectivity index (χ2v) is 8.39. The lowest BCUT2D eigenvalue weighted by molar-refractivity contribution is -0.144. The molecule has 3 unspecified atom stereocenters. The predicted octanol–water partition coefficient (Wildman–Crippen LogP) is -2.35. The maximum Gasteiger partial charge on any atom is 0.264 e. The molecule has 0 radical (unpaired) electrons. The smallest absolute Gasteiger partial charge is 0.264 e. The zero-order chi connectivity index (χ0) is 17.1. The third-order valence-electron chi connectivity index (χ3n) is 2.79. The maximum atomic E-state index is 11.4. The Morgan fingerprint density at radius 1 is 1.32 bits per heavy atom. The highest BCUT2D eigenvalue weighted by atomic mass is 32.2. The number of hydrogen-bond donors (Lipinski definition) is 2. The number of aliphatic hydroxyl groups excluding tert-OH is 1. The predicted molar refractivity (Wildman–Crippen MR) is 75.4 cm³/mol. The average molecular weight is 360 g/mol. The fourth-order valence-electron chi connectivity index (χ4n) is 1.89. The Kier molecular flexibility index (Phi) is 6.29. The standard InChI is InChI=1S/C10H20N2O8S2/c1-7-4-12(10(14)11-9(7)13)5-8(20-22(3,17)18)6-19-21(2,15)16/h7-8,10,14H,4-6H2,1-3H3,(H,11,13). The van der Waals surface area contributed by atoms with Crippen LogP contribution in [0.1, 0.15) is 6.92 Å². The van der Waals surface area contributed by atoms with E-state index in [9.17, 15) is 26.7 Å². The van der Waals surface area contributed by atoms with Gasteiger partial charge in [0.1, 0.15) is 6.10 Å². The van der Waals surface area contributed by atoms with Gasteiger partial charge in [-0.05, 0) is 0 Å². The van der Waals surface area contributed by atoms with Crippen LogP contribution in [0.3, 0.4) is 0 Å². The van der Waals surface area contributed by atoms with Gasteiger partial charge in [0, 0.05) is 19.0 Å². The summed E-state index contributed by atoms with van der Waals surface area (Å²) in [6.07, 6.45) is -0.825. The number of rotatable bonds is 7. The van der Waals surface area contributed by atoms with Gasteiger partial charge in [0.2, 0.25) is 5.91 Å². The summed E-state index contributed by atoms with van der Waals surface area (Å²) < 4.78 is 53.8. The normalized spacial score (nSPS) is 25.7. The lowest BCUT2D eigenvalue weighted by Crippen LogP contribution is -2.59. The molecular weight excluding hydrogens is 340 g/mol. The number of carbonyl (C=O) groups excluding carboxylic acids is 1. The van der Waals surface area contributed by atoms with Crippen molar-refractivity contribution in [3.63, 3.8) is 0 Å².